The standard InChI is InChI=1S/C24H21ClN4O3S/c1-14(30)27-20-9-8-16(12-18(20)25)28-23(31)21(29-24(32)22-7-4-10-33-22)11-15-13-26-19-6-3-2-5-17(15)19/h2-10,12-13,21,26H,11H2,1H3,(H,27,30)(H,28,31)(H,29,32). The highest BCUT2D eigenvalue weighted by atomic mass is 35.5. The maximum absolute atomic E-state index is 13.2. The van der Waals surface area contributed by atoms with E-state index >= 15 is 0 Å². The first kappa shape index (κ1) is 22.6. The van der Waals surface area contributed by atoms with E-state index in [0.717, 1.165) is 16.5 Å². The summed E-state index contributed by atoms with van der Waals surface area (Å²) in [6.45, 7) is 1.39. The number of benzene rings is 2. The number of aromatic nitrogens is 1. The summed E-state index contributed by atoms with van der Waals surface area (Å²) in [5.74, 6) is -0.943. The zero-order valence-corrected chi connectivity index (χ0v) is 19.2. The minimum absolute atomic E-state index is 0.247. The molecule has 1 unspecified atom stereocenters. The summed E-state index contributed by atoms with van der Waals surface area (Å²) in [7, 11) is 0. The van der Waals surface area contributed by atoms with Gasteiger partial charge in [-0.2, -0.15) is 0 Å². The van der Waals surface area contributed by atoms with Gasteiger partial charge in [-0.15, -0.1) is 11.3 Å². The number of nitrogens with one attached hydrogen (secondary N) is 4. The van der Waals surface area contributed by atoms with Crippen molar-refractivity contribution in [3.63, 3.8) is 0 Å². The first-order valence-corrected chi connectivity index (χ1v) is 11.4. The maximum Gasteiger partial charge on any atom is 0.262 e. The number of rotatable bonds is 7. The number of hydrogen-bond acceptors (Lipinski definition) is 4. The van der Waals surface area contributed by atoms with Crippen LogP contribution in [0.2, 0.25) is 5.02 Å². The smallest absolute Gasteiger partial charge is 0.262 e. The summed E-state index contributed by atoms with van der Waals surface area (Å²) in [5.41, 5.74) is 2.77. The zero-order chi connectivity index (χ0) is 23.4. The van der Waals surface area contributed by atoms with Crippen LogP contribution in [0.4, 0.5) is 11.4 Å². The molecule has 168 valence electrons. The molecule has 3 amide bonds. The van der Waals surface area contributed by atoms with Crippen LogP contribution in [-0.4, -0.2) is 28.7 Å². The third-order valence-electron chi connectivity index (χ3n) is 5.01. The van der Waals surface area contributed by atoms with Crippen molar-refractivity contribution in [1.29, 1.82) is 0 Å². The van der Waals surface area contributed by atoms with Crippen LogP contribution in [0, 0.1) is 0 Å². The van der Waals surface area contributed by atoms with Gasteiger partial charge in [-0.05, 0) is 41.3 Å². The van der Waals surface area contributed by atoms with Crippen LogP contribution in [0.1, 0.15) is 22.2 Å². The topological polar surface area (TPSA) is 103 Å². The van der Waals surface area contributed by atoms with Crippen LogP contribution in [-0.2, 0) is 16.0 Å². The lowest BCUT2D eigenvalue weighted by atomic mass is 10.0. The normalized spacial score (nSPS) is 11.7. The lowest BCUT2D eigenvalue weighted by molar-refractivity contribution is -0.118. The van der Waals surface area contributed by atoms with Gasteiger partial charge in [-0.3, -0.25) is 14.4 Å². The molecule has 33 heavy (non-hydrogen) atoms. The van der Waals surface area contributed by atoms with Crippen molar-refractivity contribution in [2.45, 2.75) is 19.4 Å². The van der Waals surface area contributed by atoms with Crippen molar-refractivity contribution in [2.75, 3.05) is 10.6 Å². The SMILES string of the molecule is CC(=O)Nc1ccc(NC(=O)C(Cc2c[nH]c3ccccc23)NC(=O)c2cccs2)cc1Cl. The van der Waals surface area contributed by atoms with Crippen molar-refractivity contribution < 1.29 is 14.4 Å². The lowest BCUT2D eigenvalue weighted by Crippen LogP contribution is -2.45. The fourth-order valence-electron chi connectivity index (χ4n) is 3.48. The lowest BCUT2D eigenvalue weighted by Gasteiger charge is -2.18. The number of aromatic amines is 1. The van der Waals surface area contributed by atoms with E-state index in [0.29, 0.717) is 27.7 Å². The molecule has 2 heterocycles. The molecule has 0 radical (unpaired) electrons. The molecule has 2 aromatic carbocycles. The number of carbonyl (C=O) groups excluding carboxylic acids is 3. The van der Waals surface area contributed by atoms with Crippen LogP contribution in [0.15, 0.2) is 66.2 Å². The van der Waals surface area contributed by atoms with Crippen LogP contribution in [0.25, 0.3) is 10.9 Å². The van der Waals surface area contributed by atoms with Gasteiger partial charge in [0.25, 0.3) is 5.91 Å². The van der Waals surface area contributed by atoms with Crippen molar-refractivity contribution in [1.82, 2.24) is 10.3 Å². The molecule has 9 heteroatoms. The van der Waals surface area contributed by atoms with Crippen LogP contribution in [0.3, 0.4) is 0 Å². The molecule has 0 fully saturated rings. The van der Waals surface area contributed by atoms with Crippen molar-refractivity contribution in [3.05, 3.63) is 81.6 Å². The van der Waals surface area contributed by atoms with Gasteiger partial charge in [0, 0.05) is 36.1 Å². The fourth-order valence-corrected chi connectivity index (χ4v) is 4.33. The molecule has 0 spiro atoms. The monoisotopic (exact) mass is 480 g/mol. The molecule has 1 atom stereocenters. The number of thiophene rings is 1. The third kappa shape index (κ3) is 5.42. The molecular weight excluding hydrogens is 460 g/mol. The van der Waals surface area contributed by atoms with Crippen LogP contribution >= 0.6 is 22.9 Å². The first-order valence-electron chi connectivity index (χ1n) is 10.2. The Bertz CT molecular complexity index is 1320. The highest BCUT2D eigenvalue weighted by Crippen LogP contribution is 2.26. The zero-order valence-electron chi connectivity index (χ0n) is 17.6. The Morgan fingerprint density at radius 1 is 1.06 bits per heavy atom. The molecule has 4 N–H and O–H groups in total. The molecule has 0 aliphatic heterocycles. The summed E-state index contributed by atoms with van der Waals surface area (Å²) in [4.78, 5) is 40.9. The Balaban J connectivity index is 1.56. The van der Waals surface area contributed by atoms with E-state index in [1.165, 1.54) is 18.3 Å². The van der Waals surface area contributed by atoms with Gasteiger partial charge < -0.3 is 20.9 Å². The molecule has 0 saturated carbocycles. The summed E-state index contributed by atoms with van der Waals surface area (Å²) >= 11 is 7.54. The number of carbonyl (C=O) groups is 3. The molecule has 0 bridgehead atoms. The van der Waals surface area contributed by atoms with Gasteiger partial charge >= 0.3 is 0 Å². The van der Waals surface area contributed by atoms with Crippen molar-refractivity contribution in [3.8, 4) is 0 Å². The Morgan fingerprint density at radius 3 is 2.61 bits per heavy atom. The number of halogens is 1. The molecule has 4 rings (SSSR count). The van der Waals surface area contributed by atoms with Crippen LogP contribution in [0.5, 0.6) is 0 Å². The summed E-state index contributed by atoms with van der Waals surface area (Å²) < 4.78 is 0. The van der Waals surface area contributed by atoms with Gasteiger partial charge in [0.2, 0.25) is 11.8 Å². The molecule has 2 aromatic heterocycles. The Kier molecular flexibility index (Phi) is 6.76. The largest absolute Gasteiger partial charge is 0.361 e. The Morgan fingerprint density at radius 2 is 1.88 bits per heavy atom. The molecule has 0 aliphatic carbocycles. The number of para-hydroxylation sites is 1. The van der Waals surface area contributed by atoms with E-state index in [1.54, 1.807) is 30.3 Å². The van der Waals surface area contributed by atoms with E-state index in [2.05, 4.69) is 20.9 Å². The summed E-state index contributed by atoms with van der Waals surface area (Å²) in [6.07, 6.45) is 2.14. The fraction of sp³-hybridized carbons (Fsp3) is 0.125. The molecule has 0 aliphatic rings. The quantitative estimate of drug-likeness (QED) is 0.305. The van der Waals surface area contributed by atoms with Crippen LogP contribution < -0.4 is 16.0 Å². The molecule has 4 aromatic rings. The number of amides is 3. The average molecular weight is 481 g/mol. The van der Waals surface area contributed by atoms with E-state index in [1.807, 2.05) is 35.8 Å². The van der Waals surface area contributed by atoms with Gasteiger partial charge in [-0.25, -0.2) is 0 Å². The van der Waals surface area contributed by atoms with Gasteiger partial charge in [0.15, 0.2) is 0 Å². The predicted octanol–water partition coefficient (Wildman–Crippen LogP) is 4.82. The minimum Gasteiger partial charge on any atom is -0.361 e. The Hall–Kier alpha value is -3.62. The number of anilines is 2. The average Bonchev–Trinajstić information content (AvgIpc) is 3.45. The van der Waals surface area contributed by atoms with E-state index in [-0.39, 0.29) is 17.7 Å². The first-order chi connectivity index (χ1) is 15.9. The second-order valence-electron chi connectivity index (χ2n) is 7.43. The van der Waals surface area contributed by atoms with E-state index in [9.17, 15) is 14.4 Å². The van der Waals surface area contributed by atoms with Gasteiger partial charge in [0.05, 0.1) is 15.6 Å². The highest BCUT2D eigenvalue weighted by molar-refractivity contribution is 7.12. The third-order valence-corrected chi connectivity index (χ3v) is 6.19. The number of hydrogen-bond donors (Lipinski definition) is 4. The molecular formula is C24H21ClN4O3S. The second-order valence-corrected chi connectivity index (χ2v) is 8.79. The summed E-state index contributed by atoms with van der Waals surface area (Å²) in [6, 6.07) is 15.2. The summed E-state index contributed by atoms with van der Waals surface area (Å²) in [5, 5.41) is 11.4. The minimum atomic E-state index is -0.826. The molecule has 0 saturated heterocycles. The van der Waals surface area contributed by atoms with E-state index < -0.39 is 6.04 Å². The molecule has 7 nitrogen and oxygen atoms in total. The maximum atomic E-state index is 13.2. The van der Waals surface area contributed by atoms with Crippen molar-refractivity contribution >= 4 is 62.9 Å². The van der Waals surface area contributed by atoms with Gasteiger partial charge in [0.1, 0.15) is 6.04 Å². The highest BCUT2D eigenvalue weighted by Gasteiger charge is 2.24. The number of fused-ring (bicyclic) bond motifs is 1. The Labute approximate surface area is 199 Å². The van der Waals surface area contributed by atoms with Crippen molar-refractivity contribution in [2.24, 2.45) is 0 Å². The van der Waals surface area contributed by atoms with Gasteiger partial charge in [-0.1, -0.05) is 35.9 Å². The van der Waals surface area contributed by atoms with E-state index in [4.69, 9.17) is 11.6 Å². The number of H-pyrrole nitrogens is 1. The predicted molar refractivity (Wildman–Crippen MR) is 132 cm³/mol. The second kappa shape index (κ2) is 9.89.